The molecule has 1 aromatic rings. The summed E-state index contributed by atoms with van der Waals surface area (Å²) in [5, 5.41) is 8.74. The summed E-state index contributed by atoms with van der Waals surface area (Å²) >= 11 is 0. The molecule has 0 saturated carbocycles. The molecule has 3 nitrogen and oxygen atoms in total. The molecule has 0 aromatic carbocycles. The minimum absolute atomic E-state index is 0.00788. The van der Waals surface area contributed by atoms with Gasteiger partial charge in [0.1, 0.15) is 5.82 Å². The third-order valence-corrected chi connectivity index (χ3v) is 1.94. The average Bonchev–Trinajstić information content (AvgIpc) is 2.05. The Bertz CT molecular complexity index is 271. The lowest BCUT2D eigenvalue weighted by molar-refractivity contribution is 0.245. The maximum atomic E-state index is 12.5. The number of halogens is 1. The normalized spacial score (nSPS) is 15.4. The second-order valence-corrected chi connectivity index (χ2v) is 3.25. The first-order chi connectivity index (χ1) is 6.06. The van der Waals surface area contributed by atoms with Crippen molar-refractivity contribution in [2.24, 2.45) is 5.73 Å². The van der Waals surface area contributed by atoms with E-state index in [1.807, 2.05) is 0 Å². The zero-order chi connectivity index (χ0) is 9.90. The second-order valence-electron chi connectivity index (χ2n) is 3.25. The predicted molar refractivity (Wildman–Crippen MR) is 47.4 cm³/mol. The Kier molecular flexibility index (Phi) is 2.95. The molecule has 0 saturated heterocycles. The van der Waals surface area contributed by atoms with Crippen LogP contribution in [-0.4, -0.2) is 16.7 Å². The van der Waals surface area contributed by atoms with Crippen molar-refractivity contribution in [3.8, 4) is 0 Å². The monoisotopic (exact) mass is 184 g/mol. The van der Waals surface area contributed by atoms with Crippen LogP contribution >= 0.6 is 0 Å². The van der Waals surface area contributed by atoms with Gasteiger partial charge in [-0.25, -0.2) is 4.39 Å². The van der Waals surface area contributed by atoms with Gasteiger partial charge in [-0.1, -0.05) is 0 Å². The number of rotatable bonds is 3. The zero-order valence-electron chi connectivity index (χ0n) is 7.50. The zero-order valence-corrected chi connectivity index (χ0v) is 7.50. The number of nitrogens with two attached hydrogens (primary N) is 1. The van der Waals surface area contributed by atoms with Gasteiger partial charge in [-0.15, -0.1) is 0 Å². The van der Waals surface area contributed by atoms with Crippen LogP contribution < -0.4 is 5.73 Å². The summed E-state index contributed by atoms with van der Waals surface area (Å²) in [4.78, 5) is 3.86. The number of pyridine rings is 1. The maximum Gasteiger partial charge on any atom is 0.141 e. The minimum Gasteiger partial charge on any atom is -0.396 e. The van der Waals surface area contributed by atoms with Crippen LogP contribution in [0.25, 0.3) is 0 Å². The van der Waals surface area contributed by atoms with E-state index < -0.39 is 5.54 Å². The van der Waals surface area contributed by atoms with Crippen molar-refractivity contribution in [2.75, 3.05) is 6.61 Å². The fourth-order valence-corrected chi connectivity index (χ4v) is 1.07. The number of hydrogen-bond donors (Lipinski definition) is 2. The van der Waals surface area contributed by atoms with Gasteiger partial charge >= 0.3 is 0 Å². The number of aliphatic hydroxyl groups is 1. The molecule has 0 spiro atoms. The van der Waals surface area contributed by atoms with Crippen LogP contribution in [0, 0.1) is 5.82 Å². The summed E-state index contributed by atoms with van der Waals surface area (Å²) in [5.74, 6) is -0.386. The molecule has 4 heteroatoms. The maximum absolute atomic E-state index is 12.5. The van der Waals surface area contributed by atoms with Gasteiger partial charge in [0.15, 0.2) is 0 Å². The molecule has 1 atom stereocenters. The van der Waals surface area contributed by atoms with E-state index in [1.165, 1.54) is 12.1 Å². The largest absolute Gasteiger partial charge is 0.396 e. The van der Waals surface area contributed by atoms with Crippen molar-refractivity contribution in [3.63, 3.8) is 0 Å². The fraction of sp³-hybridized carbons (Fsp3) is 0.444. The van der Waals surface area contributed by atoms with E-state index in [4.69, 9.17) is 10.8 Å². The van der Waals surface area contributed by atoms with Crippen molar-refractivity contribution in [3.05, 3.63) is 29.8 Å². The molecule has 0 aliphatic heterocycles. The third kappa shape index (κ3) is 2.47. The van der Waals surface area contributed by atoms with Crippen LogP contribution in [0.3, 0.4) is 0 Å². The smallest absolute Gasteiger partial charge is 0.141 e. The Morgan fingerprint density at radius 3 is 2.77 bits per heavy atom. The van der Waals surface area contributed by atoms with Crippen LogP contribution in [0.15, 0.2) is 18.3 Å². The van der Waals surface area contributed by atoms with E-state index in [0.29, 0.717) is 12.1 Å². The van der Waals surface area contributed by atoms with Gasteiger partial charge in [0.2, 0.25) is 0 Å². The summed E-state index contributed by atoms with van der Waals surface area (Å²) in [5.41, 5.74) is 5.75. The molecule has 0 aliphatic rings. The van der Waals surface area contributed by atoms with Gasteiger partial charge in [-0.2, -0.15) is 0 Å². The SMILES string of the molecule is CC(N)(CCO)c1ccc(F)cn1. The fourth-order valence-electron chi connectivity index (χ4n) is 1.07. The van der Waals surface area contributed by atoms with E-state index in [0.717, 1.165) is 6.20 Å². The molecule has 3 N–H and O–H groups in total. The lowest BCUT2D eigenvalue weighted by atomic mass is 9.95. The van der Waals surface area contributed by atoms with Crippen molar-refractivity contribution in [2.45, 2.75) is 18.9 Å². The highest BCUT2D eigenvalue weighted by Crippen LogP contribution is 2.18. The van der Waals surface area contributed by atoms with Crippen LogP contribution in [0.2, 0.25) is 0 Å². The number of hydrogen-bond acceptors (Lipinski definition) is 3. The van der Waals surface area contributed by atoms with Crippen molar-refractivity contribution in [1.82, 2.24) is 4.98 Å². The van der Waals surface area contributed by atoms with Gasteiger partial charge in [0.05, 0.1) is 17.4 Å². The average molecular weight is 184 g/mol. The standard InChI is InChI=1S/C9H13FN2O/c1-9(11,4-5-13)8-3-2-7(10)6-12-8/h2-3,6,13H,4-5,11H2,1H3. The Morgan fingerprint density at radius 2 is 2.31 bits per heavy atom. The third-order valence-electron chi connectivity index (χ3n) is 1.94. The summed E-state index contributed by atoms with van der Waals surface area (Å²) in [6.45, 7) is 1.75. The summed E-state index contributed by atoms with van der Waals surface area (Å²) in [7, 11) is 0. The highest BCUT2D eigenvalue weighted by Gasteiger charge is 2.21. The molecule has 0 radical (unpaired) electrons. The molecule has 0 aliphatic carbocycles. The molecule has 0 bridgehead atoms. The van der Waals surface area contributed by atoms with Crippen LogP contribution in [-0.2, 0) is 5.54 Å². The van der Waals surface area contributed by atoms with E-state index in [2.05, 4.69) is 4.98 Å². The van der Waals surface area contributed by atoms with Gasteiger partial charge in [-0.3, -0.25) is 4.98 Å². The Hall–Kier alpha value is -1.00. The molecule has 13 heavy (non-hydrogen) atoms. The van der Waals surface area contributed by atoms with Crippen molar-refractivity contribution in [1.29, 1.82) is 0 Å². The van der Waals surface area contributed by atoms with Crippen LogP contribution in [0.4, 0.5) is 4.39 Å². The molecule has 0 fully saturated rings. The molecule has 72 valence electrons. The molecular formula is C9H13FN2O. The van der Waals surface area contributed by atoms with Crippen molar-refractivity contribution >= 4 is 0 Å². The Balaban J connectivity index is 2.87. The number of aliphatic hydroxyl groups excluding tert-OH is 1. The Morgan fingerprint density at radius 1 is 1.62 bits per heavy atom. The molecule has 1 rings (SSSR count). The summed E-state index contributed by atoms with van der Waals surface area (Å²) in [6.07, 6.45) is 1.53. The molecule has 1 heterocycles. The highest BCUT2D eigenvalue weighted by atomic mass is 19.1. The molecule has 1 unspecified atom stereocenters. The number of aromatic nitrogens is 1. The lowest BCUT2D eigenvalue weighted by Gasteiger charge is -2.22. The number of nitrogens with zero attached hydrogens (tertiary/aromatic N) is 1. The van der Waals surface area contributed by atoms with Gasteiger partial charge < -0.3 is 10.8 Å². The Labute approximate surface area is 76.4 Å². The highest BCUT2D eigenvalue weighted by molar-refractivity contribution is 5.14. The van der Waals surface area contributed by atoms with E-state index >= 15 is 0 Å². The minimum atomic E-state index is -0.692. The quantitative estimate of drug-likeness (QED) is 0.729. The van der Waals surface area contributed by atoms with Crippen LogP contribution in [0.1, 0.15) is 19.0 Å². The lowest BCUT2D eigenvalue weighted by Crippen LogP contribution is -2.35. The summed E-state index contributed by atoms with van der Waals surface area (Å²) in [6, 6.07) is 2.84. The first-order valence-electron chi connectivity index (χ1n) is 4.08. The topological polar surface area (TPSA) is 59.1 Å². The van der Waals surface area contributed by atoms with Crippen molar-refractivity contribution < 1.29 is 9.50 Å². The van der Waals surface area contributed by atoms with Gasteiger partial charge in [-0.05, 0) is 25.5 Å². The molecule has 0 amide bonds. The van der Waals surface area contributed by atoms with E-state index in [1.54, 1.807) is 6.92 Å². The molecular weight excluding hydrogens is 171 g/mol. The predicted octanol–water partition coefficient (Wildman–Crippen LogP) is 0.777. The second kappa shape index (κ2) is 3.81. The summed E-state index contributed by atoms with van der Waals surface area (Å²) < 4.78 is 12.5. The van der Waals surface area contributed by atoms with E-state index in [9.17, 15) is 4.39 Å². The van der Waals surface area contributed by atoms with Gasteiger partial charge in [0, 0.05) is 6.61 Å². The van der Waals surface area contributed by atoms with E-state index in [-0.39, 0.29) is 12.4 Å². The van der Waals surface area contributed by atoms with Crippen LogP contribution in [0.5, 0.6) is 0 Å². The first kappa shape index (κ1) is 10.1. The first-order valence-corrected chi connectivity index (χ1v) is 4.08. The van der Waals surface area contributed by atoms with Gasteiger partial charge in [0.25, 0.3) is 0 Å². The molecule has 1 aromatic heterocycles.